The van der Waals surface area contributed by atoms with Crippen LogP contribution in [0.3, 0.4) is 0 Å². The summed E-state index contributed by atoms with van der Waals surface area (Å²) in [5.41, 5.74) is -1.20. The van der Waals surface area contributed by atoms with E-state index in [1.54, 1.807) is 6.92 Å². The van der Waals surface area contributed by atoms with Crippen LogP contribution < -0.4 is 16.0 Å². The summed E-state index contributed by atoms with van der Waals surface area (Å²) in [7, 11) is 0. The molecule has 3 aromatic rings. The number of ether oxygens (including phenoxy) is 1. The standard InChI is InChI=1S/C15H11F3N4O4/c1-8-19-13(21-26-8)11-6-12(23)22(14(24)20-11)9-2-4-10(5-3-9)25-7-15(16,17)18/h2-6H,7H2,1H3,(H,20,24). The fraction of sp³-hybridized carbons (Fsp3) is 0.200. The lowest BCUT2D eigenvalue weighted by Gasteiger charge is -2.10. The monoisotopic (exact) mass is 368 g/mol. The quantitative estimate of drug-likeness (QED) is 0.754. The molecule has 3 rings (SSSR count). The highest BCUT2D eigenvalue weighted by atomic mass is 19.4. The van der Waals surface area contributed by atoms with Crippen LogP contribution in [0.2, 0.25) is 0 Å². The van der Waals surface area contributed by atoms with Crippen molar-refractivity contribution >= 4 is 0 Å². The number of hydrogen-bond acceptors (Lipinski definition) is 6. The molecule has 26 heavy (non-hydrogen) atoms. The first-order chi connectivity index (χ1) is 12.2. The summed E-state index contributed by atoms with van der Waals surface area (Å²) in [6.45, 7) is 0.115. The molecule has 0 spiro atoms. The summed E-state index contributed by atoms with van der Waals surface area (Å²) < 4.78 is 46.6. The van der Waals surface area contributed by atoms with Gasteiger partial charge in [-0.1, -0.05) is 5.16 Å². The largest absolute Gasteiger partial charge is 0.484 e. The average molecular weight is 368 g/mol. The van der Waals surface area contributed by atoms with Crippen LogP contribution >= 0.6 is 0 Å². The average Bonchev–Trinajstić information content (AvgIpc) is 2.99. The normalized spacial score (nSPS) is 11.5. The second-order valence-electron chi connectivity index (χ2n) is 5.20. The molecule has 0 fully saturated rings. The van der Waals surface area contributed by atoms with E-state index < -0.39 is 24.0 Å². The fourth-order valence-corrected chi connectivity index (χ4v) is 2.13. The fourth-order valence-electron chi connectivity index (χ4n) is 2.13. The maximum absolute atomic E-state index is 12.3. The van der Waals surface area contributed by atoms with Crippen molar-refractivity contribution in [2.75, 3.05) is 6.61 Å². The maximum Gasteiger partial charge on any atom is 0.422 e. The van der Waals surface area contributed by atoms with Gasteiger partial charge in [0.25, 0.3) is 5.56 Å². The number of benzene rings is 1. The van der Waals surface area contributed by atoms with Crippen LogP contribution in [0.1, 0.15) is 5.89 Å². The number of alkyl halides is 3. The number of H-pyrrole nitrogens is 1. The Kier molecular flexibility index (Phi) is 4.36. The van der Waals surface area contributed by atoms with E-state index >= 15 is 0 Å². The van der Waals surface area contributed by atoms with Crippen molar-refractivity contribution in [3.63, 3.8) is 0 Å². The number of halogens is 3. The number of aromatic amines is 1. The first-order valence-corrected chi connectivity index (χ1v) is 7.20. The predicted octanol–water partition coefficient (Wildman–Crippen LogP) is 1.83. The number of aryl methyl sites for hydroxylation is 1. The third-order valence-corrected chi connectivity index (χ3v) is 3.20. The van der Waals surface area contributed by atoms with E-state index in [-0.39, 0.29) is 28.8 Å². The Balaban J connectivity index is 1.90. The molecule has 2 aromatic heterocycles. The van der Waals surface area contributed by atoms with E-state index in [9.17, 15) is 22.8 Å². The molecular formula is C15H11F3N4O4. The van der Waals surface area contributed by atoms with Crippen LogP contribution in [0.5, 0.6) is 5.75 Å². The summed E-state index contributed by atoms with van der Waals surface area (Å²) in [6, 6.07) is 6.15. The second kappa shape index (κ2) is 6.50. The highest BCUT2D eigenvalue weighted by Crippen LogP contribution is 2.19. The van der Waals surface area contributed by atoms with Crippen LogP contribution in [-0.2, 0) is 0 Å². The molecule has 0 amide bonds. The molecule has 0 saturated carbocycles. The Bertz CT molecular complexity index is 1000. The van der Waals surface area contributed by atoms with E-state index in [1.807, 2.05) is 0 Å². The minimum absolute atomic E-state index is 0.0468. The van der Waals surface area contributed by atoms with Crippen molar-refractivity contribution in [2.24, 2.45) is 0 Å². The molecule has 0 atom stereocenters. The van der Waals surface area contributed by atoms with Gasteiger partial charge in [0, 0.05) is 13.0 Å². The third kappa shape index (κ3) is 3.82. The first kappa shape index (κ1) is 17.5. The van der Waals surface area contributed by atoms with Crippen LogP contribution in [0.4, 0.5) is 13.2 Å². The molecule has 2 heterocycles. The second-order valence-corrected chi connectivity index (χ2v) is 5.20. The molecule has 136 valence electrons. The van der Waals surface area contributed by atoms with E-state index in [1.165, 1.54) is 24.3 Å². The molecule has 0 saturated heterocycles. The van der Waals surface area contributed by atoms with Gasteiger partial charge in [-0.3, -0.25) is 4.79 Å². The lowest BCUT2D eigenvalue weighted by atomic mass is 10.3. The molecule has 1 aromatic carbocycles. The van der Waals surface area contributed by atoms with Gasteiger partial charge in [0.2, 0.25) is 11.7 Å². The zero-order chi connectivity index (χ0) is 18.9. The van der Waals surface area contributed by atoms with E-state index in [4.69, 9.17) is 4.52 Å². The molecular weight excluding hydrogens is 357 g/mol. The van der Waals surface area contributed by atoms with Gasteiger partial charge in [0.1, 0.15) is 5.75 Å². The number of nitrogens with one attached hydrogen (secondary N) is 1. The van der Waals surface area contributed by atoms with Crippen molar-refractivity contribution in [2.45, 2.75) is 13.1 Å². The number of hydrogen-bond donors (Lipinski definition) is 1. The minimum Gasteiger partial charge on any atom is -0.484 e. The Morgan fingerprint density at radius 2 is 1.92 bits per heavy atom. The van der Waals surface area contributed by atoms with Gasteiger partial charge < -0.3 is 14.2 Å². The molecule has 0 radical (unpaired) electrons. The summed E-state index contributed by atoms with van der Waals surface area (Å²) in [5.74, 6) is 0.272. The van der Waals surface area contributed by atoms with E-state index in [2.05, 4.69) is 19.9 Å². The number of nitrogens with zero attached hydrogens (tertiary/aromatic N) is 3. The van der Waals surface area contributed by atoms with Crippen molar-refractivity contribution in [3.05, 3.63) is 57.1 Å². The number of aromatic nitrogens is 4. The summed E-state index contributed by atoms with van der Waals surface area (Å²) in [4.78, 5) is 30.8. The molecule has 8 nitrogen and oxygen atoms in total. The van der Waals surface area contributed by atoms with Gasteiger partial charge in [-0.15, -0.1) is 0 Å². The lowest BCUT2D eigenvalue weighted by Crippen LogP contribution is -2.33. The Morgan fingerprint density at radius 3 is 2.46 bits per heavy atom. The topological polar surface area (TPSA) is 103 Å². The maximum atomic E-state index is 12.3. The zero-order valence-electron chi connectivity index (χ0n) is 13.2. The molecule has 0 aliphatic rings. The van der Waals surface area contributed by atoms with Crippen LogP contribution in [0.25, 0.3) is 17.2 Å². The zero-order valence-corrected chi connectivity index (χ0v) is 13.2. The van der Waals surface area contributed by atoms with Crippen molar-refractivity contribution in [3.8, 4) is 23.0 Å². The molecule has 11 heteroatoms. The number of rotatable bonds is 4. The van der Waals surface area contributed by atoms with Crippen molar-refractivity contribution in [1.82, 2.24) is 19.7 Å². The van der Waals surface area contributed by atoms with Crippen LogP contribution in [-0.4, -0.2) is 32.5 Å². The van der Waals surface area contributed by atoms with E-state index in [0.717, 1.165) is 10.6 Å². The van der Waals surface area contributed by atoms with Crippen molar-refractivity contribution in [1.29, 1.82) is 0 Å². The lowest BCUT2D eigenvalue weighted by molar-refractivity contribution is -0.153. The molecule has 0 bridgehead atoms. The Labute approximate surface area is 142 Å². The molecule has 0 unspecified atom stereocenters. The third-order valence-electron chi connectivity index (χ3n) is 3.20. The minimum atomic E-state index is -4.46. The summed E-state index contributed by atoms with van der Waals surface area (Å²) in [5, 5.41) is 3.61. The summed E-state index contributed by atoms with van der Waals surface area (Å²) in [6.07, 6.45) is -4.46. The van der Waals surface area contributed by atoms with Gasteiger partial charge in [0.05, 0.1) is 11.4 Å². The molecule has 1 N–H and O–H groups in total. The smallest absolute Gasteiger partial charge is 0.422 e. The van der Waals surface area contributed by atoms with Gasteiger partial charge in [-0.2, -0.15) is 18.2 Å². The Hall–Kier alpha value is -3.37. The van der Waals surface area contributed by atoms with Gasteiger partial charge in [0.15, 0.2) is 6.61 Å². The Morgan fingerprint density at radius 1 is 1.23 bits per heavy atom. The molecule has 0 aliphatic carbocycles. The van der Waals surface area contributed by atoms with Crippen LogP contribution in [0.15, 0.2) is 44.4 Å². The molecule has 0 aliphatic heterocycles. The van der Waals surface area contributed by atoms with Crippen LogP contribution in [0, 0.1) is 6.92 Å². The van der Waals surface area contributed by atoms with Crippen molar-refractivity contribution < 1.29 is 22.4 Å². The van der Waals surface area contributed by atoms with E-state index in [0.29, 0.717) is 0 Å². The first-order valence-electron chi connectivity index (χ1n) is 7.20. The highest BCUT2D eigenvalue weighted by molar-refractivity contribution is 5.47. The SMILES string of the molecule is Cc1nc(-c2cc(=O)n(-c3ccc(OCC(F)(F)F)cc3)c(=O)[nH]2)no1. The predicted molar refractivity (Wildman–Crippen MR) is 82.2 cm³/mol. The van der Waals surface area contributed by atoms with Gasteiger partial charge in [-0.25, -0.2) is 9.36 Å². The van der Waals surface area contributed by atoms with Gasteiger partial charge in [-0.05, 0) is 24.3 Å². The van der Waals surface area contributed by atoms with Gasteiger partial charge >= 0.3 is 11.9 Å². The highest BCUT2D eigenvalue weighted by Gasteiger charge is 2.28. The summed E-state index contributed by atoms with van der Waals surface area (Å²) >= 11 is 0.